The van der Waals surface area contributed by atoms with Gasteiger partial charge in [-0.2, -0.15) is 0 Å². The molecule has 2 heterocycles. The Labute approximate surface area is 141 Å². The number of benzene rings is 1. The van der Waals surface area contributed by atoms with Gasteiger partial charge >= 0.3 is 0 Å². The molecule has 1 aromatic heterocycles. The highest BCUT2D eigenvalue weighted by Crippen LogP contribution is 2.25. The van der Waals surface area contributed by atoms with Gasteiger partial charge in [0.2, 0.25) is 0 Å². The molecule has 0 spiro atoms. The molecule has 5 heteroatoms. The summed E-state index contributed by atoms with van der Waals surface area (Å²) in [6.07, 6.45) is 4.93. The minimum Gasteiger partial charge on any atom is -0.339 e. The summed E-state index contributed by atoms with van der Waals surface area (Å²) >= 11 is 6.30. The standard InChI is InChI=1S/C18H20ClN3O/c1-13-5-7-15(8-6-13)21-17-16(19)11-14(12-20-17)18(23)22-9-3-2-4-10-22/h5-8,11-12H,2-4,9-10H2,1H3,(H,20,21). The lowest BCUT2D eigenvalue weighted by Crippen LogP contribution is -2.35. The number of rotatable bonds is 3. The van der Waals surface area contributed by atoms with Crippen molar-refractivity contribution in [3.05, 3.63) is 52.7 Å². The summed E-state index contributed by atoms with van der Waals surface area (Å²) in [6, 6.07) is 9.68. The van der Waals surface area contributed by atoms with E-state index in [2.05, 4.69) is 10.3 Å². The van der Waals surface area contributed by atoms with Crippen LogP contribution >= 0.6 is 11.6 Å². The van der Waals surface area contributed by atoms with Crippen LogP contribution in [0.1, 0.15) is 35.2 Å². The molecule has 1 aromatic carbocycles. The number of pyridine rings is 1. The summed E-state index contributed by atoms with van der Waals surface area (Å²) in [6.45, 7) is 3.68. The number of aromatic nitrogens is 1. The Hall–Kier alpha value is -2.07. The Bertz CT molecular complexity index is 694. The number of nitrogens with one attached hydrogen (secondary N) is 1. The number of anilines is 2. The van der Waals surface area contributed by atoms with E-state index in [0.29, 0.717) is 16.4 Å². The van der Waals surface area contributed by atoms with E-state index in [4.69, 9.17) is 11.6 Å². The quantitative estimate of drug-likeness (QED) is 0.907. The average Bonchev–Trinajstić information content (AvgIpc) is 2.59. The fourth-order valence-corrected chi connectivity index (χ4v) is 2.91. The fraction of sp³-hybridized carbons (Fsp3) is 0.333. The Kier molecular flexibility index (Phi) is 4.82. The largest absolute Gasteiger partial charge is 0.339 e. The summed E-state index contributed by atoms with van der Waals surface area (Å²) in [5.74, 6) is 0.576. The molecule has 1 amide bonds. The minimum absolute atomic E-state index is 0.0148. The molecular formula is C18H20ClN3O. The van der Waals surface area contributed by atoms with E-state index in [1.54, 1.807) is 12.3 Å². The first-order valence-electron chi connectivity index (χ1n) is 7.92. The van der Waals surface area contributed by atoms with E-state index in [9.17, 15) is 4.79 Å². The normalized spacial score (nSPS) is 14.6. The number of hydrogen-bond acceptors (Lipinski definition) is 3. The average molecular weight is 330 g/mol. The summed E-state index contributed by atoms with van der Waals surface area (Å²) in [4.78, 5) is 18.7. The molecule has 2 aromatic rings. The molecule has 1 saturated heterocycles. The van der Waals surface area contributed by atoms with Crippen LogP contribution in [0, 0.1) is 6.92 Å². The van der Waals surface area contributed by atoms with Crippen LogP contribution in [0.3, 0.4) is 0 Å². The maximum absolute atomic E-state index is 12.5. The van der Waals surface area contributed by atoms with Crippen LogP contribution in [0.2, 0.25) is 5.02 Å². The monoisotopic (exact) mass is 329 g/mol. The summed E-state index contributed by atoms with van der Waals surface area (Å²) in [5.41, 5.74) is 2.66. The van der Waals surface area contributed by atoms with Gasteiger partial charge in [-0.05, 0) is 44.4 Å². The zero-order chi connectivity index (χ0) is 16.2. The van der Waals surface area contributed by atoms with Gasteiger partial charge in [0.15, 0.2) is 0 Å². The molecule has 3 rings (SSSR count). The second kappa shape index (κ2) is 7.01. The van der Waals surface area contributed by atoms with Gasteiger partial charge in [0.25, 0.3) is 5.91 Å². The van der Waals surface area contributed by atoms with Crippen LogP contribution in [0.5, 0.6) is 0 Å². The van der Waals surface area contributed by atoms with E-state index in [1.807, 2.05) is 36.1 Å². The first-order chi connectivity index (χ1) is 11.1. The van der Waals surface area contributed by atoms with Crippen LogP contribution in [0.25, 0.3) is 0 Å². The number of hydrogen-bond donors (Lipinski definition) is 1. The predicted octanol–water partition coefficient (Wildman–Crippen LogP) is 4.41. The first-order valence-corrected chi connectivity index (χ1v) is 8.30. The number of piperidine rings is 1. The first kappa shape index (κ1) is 15.8. The number of likely N-dealkylation sites (tertiary alicyclic amines) is 1. The SMILES string of the molecule is Cc1ccc(Nc2ncc(C(=O)N3CCCCC3)cc2Cl)cc1. The van der Waals surface area contributed by atoms with Crippen LogP contribution in [-0.2, 0) is 0 Å². The van der Waals surface area contributed by atoms with Gasteiger partial charge in [0, 0.05) is 25.0 Å². The zero-order valence-electron chi connectivity index (χ0n) is 13.2. The molecule has 0 saturated carbocycles. The lowest BCUT2D eigenvalue weighted by atomic mass is 10.1. The molecule has 4 nitrogen and oxygen atoms in total. The van der Waals surface area contributed by atoms with Crippen LogP contribution in [0.15, 0.2) is 36.5 Å². The summed E-state index contributed by atoms with van der Waals surface area (Å²) < 4.78 is 0. The number of carbonyl (C=O) groups is 1. The van der Waals surface area contributed by atoms with Gasteiger partial charge in [-0.25, -0.2) is 4.98 Å². The Balaban J connectivity index is 1.74. The van der Waals surface area contributed by atoms with Gasteiger partial charge in [-0.15, -0.1) is 0 Å². The second-order valence-corrected chi connectivity index (χ2v) is 6.31. The highest BCUT2D eigenvalue weighted by molar-refractivity contribution is 6.33. The van der Waals surface area contributed by atoms with E-state index >= 15 is 0 Å². The minimum atomic E-state index is 0.0148. The number of amides is 1. The molecule has 0 radical (unpaired) electrons. The molecule has 1 fully saturated rings. The van der Waals surface area contributed by atoms with Crippen molar-refractivity contribution in [3.63, 3.8) is 0 Å². The lowest BCUT2D eigenvalue weighted by Gasteiger charge is -2.26. The Morgan fingerprint density at radius 3 is 2.52 bits per heavy atom. The maximum atomic E-state index is 12.5. The Morgan fingerprint density at radius 1 is 1.17 bits per heavy atom. The fourth-order valence-electron chi connectivity index (χ4n) is 2.70. The van der Waals surface area contributed by atoms with E-state index in [0.717, 1.165) is 31.6 Å². The molecule has 0 aliphatic carbocycles. The predicted molar refractivity (Wildman–Crippen MR) is 93.5 cm³/mol. The molecular weight excluding hydrogens is 310 g/mol. The maximum Gasteiger partial charge on any atom is 0.255 e. The number of halogens is 1. The van der Waals surface area contributed by atoms with Gasteiger partial charge in [-0.1, -0.05) is 29.3 Å². The summed E-state index contributed by atoms with van der Waals surface area (Å²) in [7, 11) is 0. The van der Waals surface area contributed by atoms with E-state index in [1.165, 1.54) is 12.0 Å². The number of aryl methyl sites for hydroxylation is 1. The molecule has 1 aliphatic heterocycles. The molecule has 23 heavy (non-hydrogen) atoms. The van der Waals surface area contributed by atoms with Crippen LogP contribution < -0.4 is 5.32 Å². The third-order valence-electron chi connectivity index (χ3n) is 4.05. The third kappa shape index (κ3) is 3.82. The number of carbonyl (C=O) groups excluding carboxylic acids is 1. The van der Waals surface area contributed by atoms with Gasteiger partial charge in [0.05, 0.1) is 10.6 Å². The molecule has 0 unspecified atom stereocenters. The van der Waals surface area contributed by atoms with E-state index < -0.39 is 0 Å². The van der Waals surface area contributed by atoms with Gasteiger partial charge in [-0.3, -0.25) is 4.79 Å². The van der Waals surface area contributed by atoms with Gasteiger partial charge in [0.1, 0.15) is 5.82 Å². The van der Waals surface area contributed by atoms with Crippen molar-refractivity contribution in [1.82, 2.24) is 9.88 Å². The molecule has 0 atom stereocenters. The van der Waals surface area contributed by atoms with Gasteiger partial charge < -0.3 is 10.2 Å². The van der Waals surface area contributed by atoms with Crippen molar-refractivity contribution >= 4 is 29.0 Å². The van der Waals surface area contributed by atoms with Crippen molar-refractivity contribution in [2.75, 3.05) is 18.4 Å². The Morgan fingerprint density at radius 2 is 1.87 bits per heavy atom. The summed E-state index contributed by atoms with van der Waals surface area (Å²) in [5, 5.41) is 3.63. The van der Waals surface area contributed by atoms with Crippen molar-refractivity contribution in [3.8, 4) is 0 Å². The molecule has 120 valence electrons. The molecule has 1 N–H and O–H groups in total. The number of nitrogens with zero attached hydrogens (tertiary/aromatic N) is 2. The highest BCUT2D eigenvalue weighted by Gasteiger charge is 2.19. The third-order valence-corrected chi connectivity index (χ3v) is 4.33. The highest BCUT2D eigenvalue weighted by atomic mass is 35.5. The van der Waals surface area contributed by atoms with Crippen molar-refractivity contribution in [2.45, 2.75) is 26.2 Å². The van der Waals surface area contributed by atoms with Crippen LogP contribution in [0.4, 0.5) is 11.5 Å². The second-order valence-electron chi connectivity index (χ2n) is 5.90. The van der Waals surface area contributed by atoms with E-state index in [-0.39, 0.29) is 5.91 Å². The topological polar surface area (TPSA) is 45.2 Å². The molecule has 0 bridgehead atoms. The smallest absolute Gasteiger partial charge is 0.255 e. The van der Waals surface area contributed by atoms with Crippen LogP contribution in [-0.4, -0.2) is 28.9 Å². The van der Waals surface area contributed by atoms with Crippen molar-refractivity contribution < 1.29 is 4.79 Å². The van der Waals surface area contributed by atoms with Crippen molar-refractivity contribution in [2.24, 2.45) is 0 Å². The lowest BCUT2D eigenvalue weighted by molar-refractivity contribution is 0.0724. The zero-order valence-corrected chi connectivity index (χ0v) is 13.9. The van der Waals surface area contributed by atoms with Crippen molar-refractivity contribution in [1.29, 1.82) is 0 Å². The molecule has 1 aliphatic rings.